The van der Waals surface area contributed by atoms with Crippen molar-refractivity contribution >= 4 is 5.91 Å². The number of amides is 1. The average Bonchev–Trinajstić information content (AvgIpc) is 3.31. The molecule has 65 heavy (non-hydrogen) atoms. The van der Waals surface area contributed by atoms with Crippen LogP contribution in [0.25, 0.3) is 0 Å². The monoisotopic (exact) mass is 920 g/mol. The fourth-order valence-electron chi connectivity index (χ4n) is 8.76. The van der Waals surface area contributed by atoms with E-state index in [1.54, 1.807) is 6.08 Å². The maximum Gasteiger partial charge on any atom is 0.220 e. The van der Waals surface area contributed by atoms with Gasteiger partial charge in [-0.2, -0.15) is 0 Å². The second kappa shape index (κ2) is 46.2. The summed E-state index contributed by atoms with van der Waals surface area (Å²) >= 11 is 0. The van der Waals surface area contributed by atoms with Crippen LogP contribution in [0.3, 0.4) is 0 Å². The summed E-state index contributed by atoms with van der Waals surface area (Å²) in [6.07, 6.45) is 52.2. The molecule has 1 aliphatic heterocycles. The molecule has 1 amide bonds. The third kappa shape index (κ3) is 36.1. The number of aliphatic hydroxyl groups is 5. The third-order valence-corrected chi connectivity index (χ3v) is 13.2. The van der Waals surface area contributed by atoms with Crippen LogP contribution in [0.2, 0.25) is 0 Å². The summed E-state index contributed by atoms with van der Waals surface area (Å²) in [6, 6.07) is -0.819. The summed E-state index contributed by atoms with van der Waals surface area (Å²) in [6.45, 7) is 3.76. The second-order valence-corrected chi connectivity index (χ2v) is 19.4. The van der Waals surface area contributed by atoms with Crippen LogP contribution in [-0.2, 0) is 14.3 Å². The second-order valence-electron chi connectivity index (χ2n) is 19.4. The Balaban J connectivity index is 2.17. The van der Waals surface area contributed by atoms with E-state index in [9.17, 15) is 30.3 Å². The Bertz CT molecular complexity index is 1110. The molecule has 6 N–H and O–H groups in total. The predicted octanol–water partition coefficient (Wildman–Crippen LogP) is 13.2. The van der Waals surface area contributed by atoms with E-state index in [-0.39, 0.29) is 12.5 Å². The summed E-state index contributed by atoms with van der Waals surface area (Å²) < 4.78 is 11.2. The number of carbonyl (C=O) groups is 1. The Kier molecular flexibility index (Phi) is 43.6. The van der Waals surface area contributed by atoms with Crippen LogP contribution in [-0.4, -0.2) is 87.5 Å². The highest BCUT2D eigenvalue weighted by Gasteiger charge is 2.44. The van der Waals surface area contributed by atoms with Crippen molar-refractivity contribution in [3.63, 3.8) is 0 Å². The van der Waals surface area contributed by atoms with Crippen LogP contribution >= 0.6 is 0 Å². The van der Waals surface area contributed by atoms with E-state index < -0.39 is 49.5 Å². The fraction of sp³-hybridized carbons (Fsp3) is 0.875. The number of nitrogens with one attached hydrogen (secondary N) is 1. The first-order chi connectivity index (χ1) is 31.8. The Hall–Kier alpha value is -1.59. The predicted molar refractivity (Wildman–Crippen MR) is 272 cm³/mol. The van der Waals surface area contributed by atoms with Gasteiger partial charge in [0.2, 0.25) is 5.91 Å². The van der Waals surface area contributed by atoms with Gasteiger partial charge in [0.1, 0.15) is 24.4 Å². The molecule has 0 bridgehead atoms. The highest BCUT2D eigenvalue weighted by atomic mass is 16.7. The molecule has 0 aromatic carbocycles. The molecule has 1 heterocycles. The lowest BCUT2D eigenvalue weighted by Crippen LogP contribution is -2.60. The van der Waals surface area contributed by atoms with Crippen molar-refractivity contribution in [1.82, 2.24) is 5.32 Å². The number of ether oxygens (including phenoxy) is 2. The molecule has 7 unspecified atom stereocenters. The summed E-state index contributed by atoms with van der Waals surface area (Å²) in [5.74, 6) is -0.184. The molecule has 7 atom stereocenters. The quantitative estimate of drug-likeness (QED) is 0.0261. The molecule has 0 aliphatic carbocycles. The van der Waals surface area contributed by atoms with E-state index in [0.717, 1.165) is 38.5 Å². The van der Waals surface area contributed by atoms with Crippen molar-refractivity contribution in [2.75, 3.05) is 13.2 Å². The topological polar surface area (TPSA) is 149 Å². The molecule has 382 valence electrons. The average molecular weight is 920 g/mol. The molecular formula is C56H105NO8. The molecule has 9 heteroatoms. The highest BCUT2D eigenvalue weighted by molar-refractivity contribution is 5.76. The van der Waals surface area contributed by atoms with Crippen molar-refractivity contribution in [2.24, 2.45) is 0 Å². The zero-order valence-corrected chi connectivity index (χ0v) is 42.3. The number of rotatable bonds is 47. The lowest BCUT2D eigenvalue weighted by Gasteiger charge is -2.40. The first-order valence-corrected chi connectivity index (χ1v) is 27.7. The normalized spacial score (nSPS) is 20.1. The lowest BCUT2D eigenvalue weighted by molar-refractivity contribution is -0.302. The first kappa shape index (κ1) is 61.4. The third-order valence-electron chi connectivity index (χ3n) is 13.2. The van der Waals surface area contributed by atoms with Gasteiger partial charge >= 0.3 is 0 Å². The van der Waals surface area contributed by atoms with Gasteiger partial charge < -0.3 is 40.3 Å². The van der Waals surface area contributed by atoms with Gasteiger partial charge in [0.25, 0.3) is 0 Å². The number of carbonyl (C=O) groups excluding carboxylic acids is 1. The smallest absolute Gasteiger partial charge is 0.220 e. The minimum Gasteiger partial charge on any atom is -0.394 e. The van der Waals surface area contributed by atoms with E-state index in [1.807, 2.05) is 6.08 Å². The number of allylic oxidation sites excluding steroid dienone is 5. The van der Waals surface area contributed by atoms with E-state index >= 15 is 0 Å². The highest BCUT2D eigenvalue weighted by Crippen LogP contribution is 2.23. The zero-order valence-electron chi connectivity index (χ0n) is 42.3. The van der Waals surface area contributed by atoms with Gasteiger partial charge in [-0.25, -0.2) is 0 Å². The van der Waals surface area contributed by atoms with Crippen LogP contribution in [0, 0.1) is 0 Å². The van der Waals surface area contributed by atoms with Crippen LogP contribution in [0.5, 0.6) is 0 Å². The van der Waals surface area contributed by atoms with Crippen LogP contribution in [0.1, 0.15) is 258 Å². The number of aliphatic hydroxyl groups excluding tert-OH is 5. The molecule has 1 fully saturated rings. The van der Waals surface area contributed by atoms with Crippen molar-refractivity contribution < 1.29 is 39.8 Å². The largest absolute Gasteiger partial charge is 0.394 e. The van der Waals surface area contributed by atoms with E-state index in [2.05, 4.69) is 43.5 Å². The van der Waals surface area contributed by atoms with Gasteiger partial charge in [-0.1, -0.05) is 230 Å². The zero-order chi connectivity index (χ0) is 47.3. The molecule has 9 nitrogen and oxygen atoms in total. The van der Waals surface area contributed by atoms with E-state index in [1.165, 1.54) is 199 Å². The molecule has 1 saturated heterocycles. The van der Waals surface area contributed by atoms with Crippen molar-refractivity contribution in [1.29, 1.82) is 0 Å². The molecule has 1 aliphatic rings. The molecular weight excluding hydrogens is 815 g/mol. The van der Waals surface area contributed by atoms with Gasteiger partial charge in [0.15, 0.2) is 6.29 Å². The molecule has 0 saturated carbocycles. The van der Waals surface area contributed by atoms with Gasteiger partial charge in [-0.3, -0.25) is 4.79 Å². The van der Waals surface area contributed by atoms with Crippen molar-refractivity contribution in [3.05, 3.63) is 36.5 Å². The SMILES string of the molecule is CCCCCCCCC/C=C/CC/C=C/C(O)C(COC1OC(CO)C(O)C(O)C1O)NC(=O)CCCCCCCCCCCCCCCCCCC/C=C\CCCCCCCCCC. The lowest BCUT2D eigenvalue weighted by atomic mass is 9.99. The standard InChI is InChI=1S/C56H105NO8/c1-3-5-7-9-11-13-15-17-18-19-20-21-22-23-24-25-26-27-28-29-30-31-32-34-36-38-40-42-44-46-52(60)57-49(48-64-56-55(63)54(62)53(61)51(47-58)65-56)50(59)45-43-41-39-37-35-33-16-14-12-10-8-6-4-2/h19-20,35,37,43,45,49-51,53-56,58-59,61-63H,3-18,21-34,36,38-42,44,46-48H2,1-2H3,(H,57,60)/b20-19-,37-35+,45-43+. The number of hydrogen-bond acceptors (Lipinski definition) is 8. The molecule has 0 radical (unpaired) electrons. The van der Waals surface area contributed by atoms with Gasteiger partial charge in [0, 0.05) is 6.42 Å². The van der Waals surface area contributed by atoms with Gasteiger partial charge in [-0.05, 0) is 57.8 Å². The summed E-state index contributed by atoms with van der Waals surface area (Å²) in [7, 11) is 0. The van der Waals surface area contributed by atoms with Gasteiger partial charge in [-0.15, -0.1) is 0 Å². The van der Waals surface area contributed by atoms with Crippen LogP contribution in [0.15, 0.2) is 36.5 Å². The van der Waals surface area contributed by atoms with E-state index in [0.29, 0.717) is 6.42 Å². The molecule has 1 rings (SSSR count). The Morgan fingerprint density at radius 2 is 0.877 bits per heavy atom. The fourth-order valence-corrected chi connectivity index (χ4v) is 8.76. The first-order valence-electron chi connectivity index (χ1n) is 27.7. The van der Waals surface area contributed by atoms with Crippen LogP contribution in [0.4, 0.5) is 0 Å². The Morgan fingerprint density at radius 1 is 0.508 bits per heavy atom. The summed E-state index contributed by atoms with van der Waals surface area (Å²) in [4.78, 5) is 13.0. The Morgan fingerprint density at radius 3 is 1.29 bits per heavy atom. The maximum atomic E-state index is 13.0. The number of unbranched alkanes of at least 4 members (excludes halogenated alkanes) is 33. The Labute approximate surface area is 400 Å². The molecule has 0 aromatic rings. The molecule has 0 aromatic heterocycles. The van der Waals surface area contributed by atoms with Crippen molar-refractivity contribution in [2.45, 2.75) is 301 Å². The number of hydrogen-bond donors (Lipinski definition) is 6. The van der Waals surface area contributed by atoms with Crippen LogP contribution < -0.4 is 5.32 Å². The molecule has 0 spiro atoms. The summed E-state index contributed by atoms with van der Waals surface area (Å²) in [5, 5.41) is 54.3. The van der Waals surface area contributed by atoms with Crippen molar-refractivity contribution in [3.8, 4) is 0 Å². The van der Waals surface area contributed by atoms with E-state index in [4.69, 9.17) is 9.47 Å². The minimum atomic E-state index is -1.57. The summed E-state index contributed by atoms with van der Waals surface area (Å²) in [5.41, 5.74) is 0. The van der Waals surface area contributed by atoms with Gasteiger partial charge in [0.05, 0.1) is 25.4 Å². The minimum absolute atomic E-state index is 0.184. The maximum absolute atomic E-state index is 13.0.